The number of hydrogen-bond donors (Lipinski definition) is 2. The number of nitrogens with one attached hydrogen (secondary N) is 1. The van der Waals surface area contributed by atoms with Gasteiger partial charge in [0, 0.05) is 7.11 Å². The lowest BCUT2D eigenvalue weighted by atomic mass is 9.77. The highest BCUT2D eigenvalue weighted by Crippen LogP contribution is 2.32. The Morgan fingerprint density at radius 1 is 1.47 bits per heavy atom. The van der Waals surface area contributed by atoms with Crippen LogP contribution < -0.4 is 11.3 Å². The molecule has 0 saturated heterocycles. The predicted octanol–water partition coefficient (Wildman–Crippen LogP) is 2.07. The predicted molar refractivity (Wildman–Crippen MR) is 63.3 cm³/mol. The summed E-state index contributed by atoms with van der Waals surface area (Å²) in [6.45, 7) is 4.50. The highest BCUT2D eigenvalue weighted by molar-refractivity contribution is 4.85. The highest BCUT2D eigenvalue weighted by atomic mass is 16.5. The largest absolute Gasteiger partial charge is 0.380 e. The van der Waals surface area contributed by atoms with Crippen molar-refractivity contribution in [2.75, 3.05) is 7.11 Å². The Balaban J connectivity index is 2.55. The third-order valence-electron chi connectivity index (χ3n) is 3.78. The van der Waals surface area contributed by atoms with Crippen molar-refractivity contribution in [1.29, 1.82) is 0 Å². The molecule has 1 aliphatic rings. The first-order chi connectivity index (χ1) is 7.22. The van der Waals surface area contributed by atoms with Crippen molar-refractivity contribution in [2.24, 2.45) is 17.7 Å². The SMILES string of the molecule is CCC(OC)C(NN)C1CCCC(C)C1. The molecule has 0 bridgehead atoms. The van der Waals surface area contributed by atoms with E-state index in [2.05, 4.69) is 19.3 Å². The van der Waals surface area contributed by atoms with Crippen molar-refractivity contribution in [1.82, 2.24) is 5.43 Å². The molecule has 1 aliphatic carbocycles. The van der Waals surface area contributed by atoms with Crippen LogP contribution in [-0.4, -0.2) is 19.3 Å². The Kier molecular flexibility index (Phi) is 5.58. The molecule has 0 aromatic heterocycles. The summed E-state index contributed by atoms with van der Waals surface area (Å²) < 4.78 is 5.50. The zero-order chi connectivity index (χ0) is 11.3. The minimum Gasteiger partial charge on any atom is -0.380 e. The van der Waals surface area contributed by atoms with Gasteiger partial charge in [-0.15, -0.1) is 0 Å². The van der Waals surface area contributed by atoms with Crippen LogP contribution in [0.2, 0.25) is 0 Å². The number of ether oxygens (including phenoxy) is 1. The van der Waals surface area contributed by atoms with Gasteiger partial charge in [0.05, 0.1) is 12.1 Å². The molecule has 1 saturated carbocycles. The van der Waals surface area contributed by atoms with Crippen LogP contribution in [0.15, 0.2) is 0 Å². The van der Waals surface area contributed by atoms with Crippen LogP contribution in [0.4, 0.5) is 0 Å². The van der Waals surface area contributed by atoms with E-state index in [9.17, 15) is 0 Å². The van der Waals surface area contributed by atoms with E-state index in [1.165, 1.54) is 25.7 Å². The molecule has 1 fully saturated rings. The summed E-state index contributed by atoms with van der Waals surface area (Å²) in [4.78, 5) is 0. The van der Waals surface area contributed by atoms with Gasteiger partial charge < -0.3 is 4.74 Å². The summed E-state index contributed by atoms with van der Waals surface area (Å²) in [6, 6.07) is 0.322. The number of methoxy groups -OCH3 is 1. The summed E-state index contributed by atoms with van der Waals surface area (Å²) in [7, 11) is 1.78. The maximum absolute atomic E-state index is 5.67. The number of hydrazine groups is 1. The summed E-state index contributed by atoms with van der Waals surface area (Å²) >= 11 is 0. The van der Waals surface area contributed by atoms with E-state index in [0.29, 0.717) is 12.0 Å². The first kappa shape index (κ1) is 12.9. The Morgan fingerprint density at radius 2 is 2.20 bits per heavy atom. The van der Waals surface area contributed by atoms with E-state index < -0.39 is 0 Å². The molecule has 3 heteroatoms. The Bertz CT molecular complexity index is 171. The van der Waals surface area contributed by atoms with Gasteiger partial charge in [0.1, 0.15) is 0 Å². The van der Waals surface area contributed by atoms with Gasteiger partial charge >= 0.3 is 0 Å². The molecule has 0 amide bonds. The van der Waals surface area contributed by atoms with Crippen LogP contribution in [0.25, 0.3) is 0 Å². The molecule has 1 rings (SSSR count). The van der Waals surface area contributed by atoms with Crippen LogP contribution in [-0.2, 0) is 4.74 Å². The lowest BCUT2D eigenvalue weighted by Gasteiger charge is -2.36. The van der Waals surface area contributed by atoms with E-state index in [1.54, 1.807) is 7.11 Å². The molecule has 90 valence electrons. The second kappa shape index (κ2) is 6.46. The smallest absolute Gasteiger partial charge is 0.0737 e. The molecule has 0 aliphatic heterocycles. The van der Waals surface area contributed by atoms with Crippen molar-refractivity contribution in [3.63, 3.8) is 0 Å². The molecule has 3 N–H and O–H groups in total. The van der Waals surface area contributed by atoms with Crippen LogP contribution >= 0.6 is 0 Å². The highest BCUT2D eigenvalue weighted by Gasteiger charge is 2.30. The van der Waals surface area contributed by atoms with Gasteiger partial charge in [-0.1, -0.05) is 26.7 Å². The average Bonchev–Trinajstić information content (AvgIpc) is 2.25. The quantitative estimate of drug-likeness (QED) is 0.544. The van der Waals surface area contributed by atoms with Gasteiger partial charge in [0.2, 0.25) is 0 Å². The third-order valence-corrected chi connectivity index (χ3v) is 3.78. The van der Waals surface area contributed by atoms with Crippen molar-refractivity contribution in [3.05, 3.63) is 0 Å². The second-order valence-electron chi connectivity index (χ2n) is 4.91. The topological polar surface area (TPSA) is 47.3 Å². The molecular formula is C12H26N2O. The van der Waals surface area contributed by atoms with E-state index in [-0.39, 0.29) is 6.10 Å². The van der Waals surface area contributed by atoms with E-state index >= 15 is 0 Å². The van der Waals surface area contributed by atoms with Crippen LogP contribution in [0.3, 0.4) is 0 Å². The minimum atomic E-state index is 0.255. The first-order valence-corrected chi connectivity index (χ1v) is 6.21. The van der Waals surface area contributed by atoms with Crippen molar-refractivity contribution in [3.8, 4) is 0 Å². The standard InChI is InChI=1S/C12H26N2O/c1-4-11(15-3)12(14-13)10-7-5-6-9(2)8-10/h9-12,14H,4-8,13H2,1-3H3. The normalized spacial score (nSPS) is 31.2. The summed E-state index contributed by atoms with van der Waals surface area (Å²) in [5, 5.41) is 0. The fourth-order valence-electron chi connectivity index (χ4n) is 2.92. The van der Waals surface area contributed by atoms with Gasteiger partial charge in [-0.05, 0) is 31.1 Å². The lowest BCUT2D eigenvalue weighted by molar-refractivity contribution is 0.0322. The maximum atomic E-state index is 5.67. The zero-order valence-corrected chi connectivity index (χ0v) is 10.3. The fraction of sp³-hybridized carbons (Fsp3) is 1.00. The van der Waals surface area contributed by atoms with Gasteiger partial charge in [-0.25, -0.2) is 0 Å². The fourth-order valence-corrected chi connectivity index (χ4v) is 2.92. The summed E-state index contributed by atoms with van der Waals surface area (Å²) in [6.07, 6.45) is 6.57. The summed E-state index contributed by atoms with van der Waals surface area (Å²) in [5.41, 5.74) is 2.97. The lowest BCUT2D eigenvalue weighted by Crippen LogP contribution is -2.50. The monoisotopic (exact) mass is 214 g/mol. The van der Waals surface area contributed by atoms with E-state index in [4.69, 9.17) is 10.6 Å². The molecule has 0 aromatic rings. The van der Waals surface area contributed by atoms with Crippen LogP contribution in [0.5, 0.6) is 0 Å². The van der Waals surface area contributed by atoms with E-state index in [1.807, 2.05) is 0 Å². The maximum Gasteiger partial charge on any atom is 0.0737 e. The number of nitrogens with two attached hydrogens (primary N) is 1. The Morgan fingerprint density at radius 3 is 2.67 bits per heavy atom. The van der Waals surface area contributed by atoms with Crippen molar-refractivity contribution in [2.45, 2.75) is 58.1 Å². The molecule has 0 radical (unpaired) electrons. The molecule has 15 heavy (non-hydrogen) atoms. The Hall–Kier alpha value is -0.120. The molecule has 3 nitrogen and oxygen atoms in total. The molecule has 4 atom stereocenters. The van der Waals surface area contributed by atoms with Gasteiger partial charge in [0.15, 0.2) is 0 Å². The first-order valence-electron chi connectivity index (χ1n) is 6.21. The molecule has 0 spiro atoms. The zero-order valence-electron chi connectivity index (χ0n) is 10.3. The summed E-state index contributed by atoms with van der Waals surface area (Å²) in [5.74, 6) is 7.20. The number of rotatable bonds is 5. The van der Waals surface area contributed by atoms with Gasteiger partial charge in [0.25, 0.3) is 0 Å². The second-order valence-corrected chi connectivity index (χ2v) is 4.91. The van der Waals surface area contributed by atoms with Gasteiger partial charge in [-0.3, -0.25) is 11.3 Å². The Labute approximate surface area is 93.7 Å². The van der Waals surface area contributed by atoms with Gasteiger partial charge in [-0.2, -0.15) is 0 Å². The molecular weight excluding hydrogens is 188 g/mol. The van der Waals surface area contributed by atoms with E-state index in [0.717, 1.165) is 12.3 Å². The molecule has 4 unspecified atom stereocenters. The number of hydrogen-bond acceptors (Lipinski definition) is 3. The molecule has 0 aromatic carbocycles. The van der Waals surface area contributed by atoms with Crippen LogP contribution in [0, 0.1) is 11.8 Å². The third kappa shape index (κ3) is 3.44. The van der Waals surface area contributed by atoms with Crippen molar-refractivity contribution < 1.29 is 4.74 Å². The van der Waals surface area contributed by atoms with Crippen molar-refractivity contribution >= 4 is 0 Å². The van der Waals surface area contributed by atoms with Crippen LogP contribution in [0.1, 0.15) is 46.0 Å². The minimum absolute atomic E-state index is 0.255. The average molecular weight is 214 g/mol. The molecule has 0 heterocycles.